The van der Waals surface area contributed by atoms with E-state index in [4.69, 9.17) is 0 Å². The summed E-state index contributed by atoms with van der Waals surface area (Å²) in [4.78, 5) is 2.15. The van der Waals surface area contributed by atoms with Crippen molar-refractivity contribution in [3.8, 4) is 0 Å². The molecule has 0 N–H and O–H groups in total. The first-order valence-electron chi connectivity index (χ1n) is 5.92. The third kappa shape index (κ3) is 2.80. The first kappa shape index (κ1) is 12.4. The van der Waals surface area contributed by atoms with Gasteiger partial charge in [0.1, 0.15) is 17.8 Å². The molecule has 1 nitrogen and oxygen atoms in total. The highest BCUT2D eigenvalue weighted by Gasteiger charge is 2.34. The molecule has 1 aliphatic heterocycles. The van der Waals surface area contributed by atoms with Gasteiger partial charge in [-0.25, -0.2) is 13.2 Å². The molecule has 1 aliphatic rings. The Morgan fingerprint density at radius 1 is 1.24 bits per heavy atom. The van der Waals surface area contributed by atoms with Crippen molar-refractivity contribution >= 4 is 0 Å². The molecule has 1 saturated heterocycles. The average molecular weight is 243 g/mol. The molecule has 0 aromatic heterocycles. The maximum Gasteiger partial charge on any atom is 0.131 e. The molecule has 0 saturated carbocycles. The number of alkyl halides is 1. The van der Waals surface area contributed by atoms with Crippen molar-refractivity contribution in [1.82, 2.24) is 4.90 Å². The summed E-state index contributed by atoms with van der Waals surface area (Å²) in [6.07, 6.45) is -0.230. The van der Waals surface area contributed by atoms with Crippen LogP contribution in [-0.2, 0) is 0 Å². The largest absolute Gasteiger partial charge is 0.302 e. The number of nitrogens with zero attached hydrogens (tertiary/aromatic N) is 1. The van der Waals surface area contributed by atoms with Gasteiger partial charge < -0.3 is 4.90 Å². The summed E-state index contributed by atoms with van der Waals surface area (Å²) in [5, 5.41) is 0. The van der Waals surface area contributed by atoms with E-state index in [-0.39, 0.29) is 11.5 Å². The summed E-state index contributed by atoms with van der Waals surface area (Å²) in [5.41, 5.74) is 0.114. The van der Waals surface area contributed by atoms with Gasteiger partial charge in [0, 0.05) is 25.1 Å². The molecule has 1 aromatic carbocycles. The van der Waals surface area contributed by atoms with Crippen molar-refractivity contribution in [1.29, 1.82) is 0 Å². The van der Waals surface area contributed by atoms with E-state index in [2.05, 4.69) is 11.8 Å². The molecule has 17 heavy (non-hydrogen) atoms. The lowest BCUT2D eigenvalue weighted by atomic mass is 9.90. The molecule has 0 aliphatic carbocycles. The lowest BCUT2D eigenvalue weighted by Gasteiger charge is -2.40. The Morgan fingerprint density at radius 3 is 2.35 bits per heavy atom. The normalized spacial score (nSPS) is 19.1. The van der Waals surface area contributed by atoms with Crippen LogP contribution in [0.3, 0.4) is 0 Å². The molecule has 1 aromatic rings. The zero-order valence-electron chi connectivity index (χ0n) is 9.80. The van der Waals surface area contributed by atoms with Crippen molar-refractivity contribution < 1.29 is 13.2 Å². The molecular weight excluding hydrogens is 227 g/mol. The molecule has 0 spiro atoms. The minimum Gasteiger partial charge on any atom is -0.302 e. The van der Waals surface area contributed by atoms with Crippen LogP contribution < -0.4 is 0 Å². The topological polar surface area (TPSA) is 3.24 Å². The van der Waals surface area contributed by atoms with Crippen molar-refractivity contribution in [2.24, 2.45) is 5.92 Å². The van der Waals surface area contributed by atoms with Crippen LogP contribution in [0, 0.1) is 17.6 Å². The third-order valence-corrected chi connectivity index (χ3v) is 3.14. The van der Waals surface area contributed by atoms with Crippen molar-refractivity contribution in [3.63, 3.8) is 0 Å². The van der Waals surface area contributed by atoms with Gasteiger partial charge in [0.2, 0.25) is 0 Å². The van der Waals surface area contributed by atoms with Crippen LogP contribution >= 0.6 is 0 Å². The first-order chi connectivity index (χ1) is 8.10. The smallest absolute Gasteiger partial charge is 0.131 e. The van der Waals surface area contributed by atoms with Crippen molar-refractivity contribution in [2.75, 3.05) is 19.6 Å². The second-order valence-corrected chi connectivity index (χ2v) is 4.62. The van der Waals surface area contributed by atoms with E-state index < -0.39 is 17.8 Å². The van der Waals surface area contributed by atoms with Gasteiger partial charge in [-0.15, -0.1) is 0 Å². The molecular formula is C13H16F3N. The maximum absolute atomic E-state index is 14.0. The van der Waals surface area contributed by atoms with E-state index in [9.17, 15) is 13.2 Å². The Bertz CT molecular complexity index is 368. The van der Waals surface area contributed by atoms with Gasteiger partial charge in [0.15, 0.2) is 0 Å². The molecule has 0 bridgehead atoms. The van der Waals surface area contributed by atoms with Gasteiger partial charge in [0.25, 0.3) is 0 Å². The van der Waals surface area contributed by atoms with Gasteiger partial charge >= 0.3 is 0 Å². The average Bonchev–Trinajstić information content (AvgIpc) is 2.20. The Balaban J connectivity index is 1.98. The Hall–Kier alpha value is -1.03. The van der Waals surface area contributed by atoms with E-state index in [1.54, 1.807) is 0 Å². The highest BCUT2D eigenvalue weighted by molar-refractivity contribution is 5.21. The highest BCUT2D eigenvalue weighted by Crippen LogP contribution is 2.33. The van der Waals surface area contributed by atoms with Crippen molar-refractivity contribution in [3.05, 3.63) is 35.4 Å². The van der Waals surface area contributed by atoms with Gasteiger partial charge in [-0.05, 0) is 30.7 Å². The molecule has 4 heteroatoms. The number of hydrogen-bond donors (Lipinski definition) is 0. The first-order valence-corrected chi connectivity index (χ1v) is 5.92. The van der Waals surface area contributed by atoms with Gasteiger partial charge in [-0.2, -0.15) is 0 Å². The van der Waals surface area contributed by atoms with Crippen LogP contribution in [0.25, 0.3) is 0 Å². The third-order valence-electron chi connectivity index (χ3n) is 3.14. The predicted molar refractivity (Wildman–Crippen MR) is 60.4 cm³/mol. The minimum atomic E-state index is -1.27. The highest BCUT2D eigenvalue weighted by atomic mass is 19.1. The monoisotopic (exact) mass is 243 g/mol. The summed E-state index contributed by atoms with van der Waals surface area (Å²) >= 11 is 0. The van der Waals surface area contributed by atoms with Crippen LogP contribution in [0.4, 0.5) is 13.2 Å². The van der Waals surface area contributed by atoms with E-state index in [0.29, 0.717) is 13.1 Å². The molecule has 1 fully saturated rings. The number of rotatable bonds is 4. The van der Waals surface area contributed by atoms with Gasteiger partial charge in [-0.3, -0.25) is 0 Å². The zero-order valence-corrected chi connectivity index (χ0v) is 9.80. The quantitative estimate of drug-likeness (QED) is 0.784. The number of hydrogen-bond acceptors (Lipinski definition) is 1. The molecule has 1 atom stereocenters. The molecule has 1 unspecified atom stereocenters. The summed E-state index contributed by atoms with van der Waals surface area (Å²) in [5.74, 6) is -1.57. The van der Waals surface area contributed by atoms with E-state index in [1.165, 1.54) is 0 Å². The zero-order chi connectivity index (χ0) is 12.4. The Morgan fingerprint density at radius 2 is 1.82 bits per heavy atom. The molecule has 94 valence electrons. The summed E-state index contributed by atoms with van der Waals surface area (Å²) in [7, 11) is 0. The molecule has 0 amide bonds. The minimum absolute atomic E-state index is 0.114. The summed E-state index contributed by atoms with van der Waals surface area (Å²) in [6, 6.07) is 2.92. The second kappa shape index (κ2) is 5.08. The molecule has 1 heterocycles. The van der Waals surface area contributed by atoms with Crippen LogP contribution in [0.1, 0.15) is 25.1 Å². The van der Waals surface area contributed by atoms with Gasteiger partial charge in [0.05, 0.1) is 0 Å². The van der Waals surface area contributed by atoms with Gasteiger partial charge in [-0.1, -0.05) is 6.92 Å². The molecule has 2 rings (SSSR count). The van der Waals surface area contributed by atoms with E-state index in [0.717, 1.165) is 31.2 Å². The fourth-order valence-electron chi connectivity index (χ4n) is 2.30. The number of benzene rings is 1. The van der Waals surface area contributed by atoms with E-state index in [1.807, 2.05) is 0 Å². The fraction of sp³-hybridized carbons (Fsp3) is 0.538. The number of likely N-dealkylation sites (tertiary alicyclic amines) is 1. The summed E-state index contributed by atoms with van der Waals surface area (Å²) < 4.78 is 39.9. The molecule has 0 radical (unpaired) electrons. The predicted octanol–water partition coefficient (Wildman–Crippen LogP) is 3.32. The van der Waals surface area contributed by atoms with Crippen LogP contribution in [0.5, 0.6) is 0 Å². The summed E-state index contributed by atoms with van der Waals surface area (Å²) in [6.45, 7) is 4.38. The lowest BCUT2D eigenvalue weighted by molar-refractivity contribution is 0.0383. The fourth-order valence-corrected chi connectivity index (χ4v) is 2.30. The van der Waals surface area contributed by atoms with Crippen LogP contribution in [-0.4, -0.2) is 24.5 Å². The second-order valence-electron chi connectivity index (χ2n) is 4.62. The maximum atomic E-state index is 14.0. The van der Waals surface area contributed by atoms with Crippen molar-refractivity contribution in [2.45, 2.75) is 19.5 Å². The SMILES string of the molecule is CCCN1CC(C(F)c2cc(F)cc(F)c2)C1. The Kier molecular flexibility index (Phi) is 3.72. The number of halogens is 3. The standard InChI is InChI=1S/C13H16F3N/c1-2-3-17-7-10(8-17)13(16)9-4-11(14)6-12(15)5-9/h4-6,10,13H,2-3,7-8H2,1H3. The Labute approximate surface area is 99.2 Å². The van der Waals surface area contributed by atoms with Crippen LogP contribution in [0.2, 0.25) is 0 Å². The van der Waals surface area contributed by atoms with E-state index >= 15 is 0 Å². The van der Waals surface area contributed by atoms with Crippen LogP contribution in [0.15, 0.2) is 18.2 Å². The lowest BCUT2D eigenvalue weighted by Crippen LogP contribution is -2.48.